The monoisotopic (exact) mass is 268 g/mol. The first kappa shape index (κ1) is 13.0. The maximum absolute atomic E-state index is 11.3. The molecule has 9 nitrogen and oxygen atoms in total. The molecule has 0 amide bonds. The lowest BCUT2D eigenvalue weighted by atomic mass is 10.2. The Morgan fingerprint density at radius 3 is 2.32 bits per heavy atom. The summed E-state index contributed by atoms with van der Waals surface area (Å²) < 4.78 is 14.4. The van der Waals surface area contributed by atoms with Gasteiger partial charge < -0.3 is 19.0 Å². The molecule has 1 atom stereocenters. The maximum atomic E-state index is 11.3. The van der Waals surface area contributed by atoms with Gasteiger partial charge in [-0.2, -0.15) is 9.97 Å². The molecule has 2 heterocycles. The summed E-state index contributed by atoms with van der Waals surface area (Å²) in [6, 6.07) is 0.178. The molecule has 0 aromatic carbocycles. The van der Waals surface area contributed by atoms with E-state index in [1.807, 2.05) is 0 Å². The predicted molar refractivity (Wildman–Crippen MR) is 61.0 cm³/mol. The second kappa shape index (κ2) is 5.46. The summed E-state index contributed by atoms with van der Waals surface area (Å²) in [5.74, 6) is -0.276. The van der Waals surface area contributed by atoms with Gasteiger partial charge in [-0.15, -0.1) is 4.98 Å². The van der Waals surface area contributed by atoms with E-state index in [1.165, 1.54) is 21.3 Å². The molecule has 0 fully saturated rings. The SMILES string of the molecule is COC(=O)C1CC(c2nc(OC)nc(OC)n2)=NO1. The van der Waals surface area contributed by atoms with Gasteiger partial charge in [0, 0.05) is 6.42 Å². The quantitative estimate of drug-likeness (QED) is 0.676. The number of rotatable bonds is 4. The van der Waals surface area contributed by atoms with Gasteiger partial charge >= 0.3 is 18.0 Å². The molecular formula is C10H12N4O5. The summed E-state index contributed by atoms with van der Waals surface area (Å²) in [6.45, 7) is 0. The van der Waals surface area contributed by atoms with Gasteiger partial charge in [0.05, 0.1) is 21.3 Å². The second-order valence-corrected chi connectivity index (χ2v) is 3.49. The molecule has 1 unspecified atom stereocenters. The minimum Gasteiger partial charge on any atom is -0.467 e. The number of ether oxygens (including phenoxy) is 3. The number of hydrogen-bond donors (Lipinski definition) is 0. The second-order valence-electron chi connectivity index (χ2n) is 3.49. The van der Waals surface area contributed by atoms with Crippen molar-refractivity contribution in [3.63, 3.8) is 0 Å². The van der Waals surface area contributed by atoms with Crippen LogP contribution in [0.4, 0.5) is 0 Å². The zero-order valence-electron chi connectivity index (χ0n) is 10.6. The molecule has 0 aliphatic carbocycles. The molecule has 1 aromatic heterocycles. The molecule has 0 spiro atoms. The number of esters is 1. The number of methoxy groups -OCH3 is 3. The Morgan fingerprint density at radius 1 is 1.16 bits per heavy atom. The molecule has 1 aliphatic rings. The number of carbonyl (C=O) groups excluding carboxylic acids is 1. The zero-order valence-corrected chi connectivity index (χ0v) is 10.6. The maximum Gasteiger partial charge on any atom is 0.350 e. The first-order valence-electron chi connectivity index (χ1n) is 5.33. The molecular weight excluding hydrogens is 256 g/mol. The average molecular weight is 268 g/mol. The third-order valence-electron chi connectivity index (χ3n) is 2.35. The average Bonchev–Trinajstić information content (AvgIpc) is 2.95. The number of oxime groups is 1. The molecule has 0 saturated carbocycles. The summed E-state index contributed by atoms with van der Waals surface area (Å²) >= 11 is 0. The van der Waals surface area contributed by atoms with Crippen LogP contribution in [0.3, 0.4) is 0 Å². The van der Waals surface area contributed by atoms with E-state index in [1.54, 1.807) is 0 Å². The van der Waals surface area contributed by atoms with Gasteiger partial charge in [0.2, 0.25) is 6.10 Å². The van der Waals surface area contributed by atoms with Gasteiger partial charge in [0.15, 0.2) is 5.82 Å². The van der Waals surface area contributed by atoms with Crippen molar-refractivity contribution >= 4 is 11.7 Å². The molecule has 1 aliphatic heterocycles. The summed E-state index contributed by atoms with van der Waals surface area (Å²) in [5.41, 5.74) is 0.398. The standard InChI is InChI=1S/C10H12N4O5/c1-16-8(15)6-4-5(14-19-6)7-11-9(17-2)13-10(12-7)18-3/h6H,4H2,1-3H3. The van der Waals surface area contributed by atoms with Crippen LogP contribution in [-0.2, 0) is 14.4 Å². The Hall–Kier alpha value is -2.45. The topological polar surface area (TPSA) is 105 Å². The number of hydrogen-bond acceptors (Lipinski definition) is 9. The highest BCUT2D eigenvalue weighted by molar-refractivity contribution is 6.00. The van der Waals surface area contributed by atoms with Gasteiger partial charge in [-0.3, -0.25) is 0 Å². The van der Waals surface area contributed by atoms with Crippen LogP contribution in [-0.4, -0.2) is 54.1 Å². The molecule has 102 valence electrons. The zero-order chi connectivity index (χ0) is 13.8. The third-order valence-corrected chi connectivity index (χ3v) is 2.35. The number of aromatic nitrogens is 3. The smallest absolute Gasteiger partial charge is 0.350 e. The fourth-order valence-corrected chi connectivity index (χ4v) is 1.42. The van der Waals surface area contributed by atoms with Crippen molar-refractivity contribution in [2.24, 2.45) is 5.16 Å². The minimum atomic E-state index is -0.784. The molecule has 0 saturated heterocycles. The minimum absolute atomic E-state index is 0.0890. The van der Waals surface area contributed by atoms with Crippen molar-refractivity contribution in [3.05, 3.63) is 5.82 Å². The molecule has 19 heavy (non-hydrogen) atoms. The highest BCUT2D eigenvalue weighted by Crippen LogP contribution is 2.18. The van der Waals surface area contributed by atoms with Crippen molar-refractivity contribution in [2.45, 2.75) is 12.5 Å². The highest BCUT2D eigenvalue weighted by atomic mass is 16.7. The Morgan fingerprint density at radius 2 is 1.79 bits per heavy atom. The Bertz CT molecular complexity index is 496. The summed E-state index contributed by atoms with van der Waals surface area (Å²) in [4.78, 5) is 28.2. The molecule has 9 heteroatoms. The Labute approximate surface area is 108 Å². The molecule has 0 radical (unpaired) electrons. The van der Waals surface area contributed by atoms with E-state index in [9.17, 15) is 4.79 Å². The van der Waals surface area contributed by atoms with Gasteiger partial charge in [-0.25, -0.2) is 4.79 Å². The first-order chi connectivity index (χ1) is 9.17. The van der Waals surface area contributed by atoms with Crippen molar-refractivity contribution in [3.8, 4) is 12.0 Å². The number of carbonyl (C=O) groups is 1. The van der Waals surface area contributed by atoms with Crippen molar-refractivity contribution < 1.29 is 23.8 Å². The van der Waals surface area contributed by atoms with E-state index in [-0.39, 0.29) is 24.3 Å². The van der Waals surface area contributed by atoms with E-state index in [2.05, 4.69) is 24.8 Å². The van der Waals surface area contributed by atoms with Crippen LogP contribution in [0.1, 0.15) is 12.2 Å². The Balaban J connectivity index is 2.21. The normalized spacial score (nSPS) is 17.4. The largest absolute Gasteiger partial charge is 0.467 e. The van der Waals surface area contributed by atoms with E-state index < -0.39 is 12.1 Å². The van der Waals surface area contributed by atoms with E-state index in [0.29, 0.717) is 5.71 Å². The van der Waals surface area contributed by atoms with Crippen molar-refractivity contribution in [1.82, 2.24) is 15.0 Å². The third kappa shape index (κ3) is 2.69. The molecule has 1 aromatic rings. The molecule has 0 N–H and O–H groups in total. The van der Waals surface area contributed by atoms with Crippen LogP contribution in [0.5, 0.6) is 12.0 Å². The molecule has 0 bridgehead atoms. The van der Waals surface area contributed by atoms with Crippen molar-refractivity contribution in [2.75, 3.05) is 21.3 Å². The van der Waals surface area contributed by atoms with Crippen LogP contribution >= 0.6 is 0 Å². The summed E-state index contributed by atoms with van der Waals surface area (Å²) in [7, 11) is 4.12. The molecule has 2 rings (SSSR count). The fraction of sp³-hybridized carbons (Fsp3) is 0.500. The van der Waals surface area contributed by atoms with E-state index in [0.717, 1.165) is 0 Å². The van der Waals surface area contributed by atoms with Gasteiger partial charge in [0.1, 0.15) is 5.71 Å². The van der Waals surface area contributed by atoms with E-state index >= 15 is 0 Å². The summed E-state index contributed by atoms with van der Waals surface area (Å²) in [6.07, 6.45) is -0.572. The lowest BCUT2D eigenvalue weighted by molar-refractivity contribution is -0.152. The summed E-state index contributed by atoms with van der Waals surface area (Å²) in [5, 5.41) is 3.76. The number of nitrogens with zero attached hydrogens (tertiary/aromatic N) is 4. The Kier molecular flexibility index (Phi) is 3.74. The van der Waals surface area contributed by atoms with Crippen LogP contribution in [0.15, 0.2) is 5.16 Å². The van der Waals surface area contributed by atoms with E-state index in [4.69, 9.17) is 14.3 Å². The van der Waals surface area contributed by atoms with Crippen LogP contribution in [0.25, 0.3) is 0 Å². The fourth-order valence-electron chi connectivity index (χ4n) is 1.42. The van der Waals surface area contributed by atoms with Crippen LogP contribution in [0.2, 0.25) is 0 Å². The van der Waals surface area contributed by atoms with Gasteiger partial charge in [-0.1, -0.05) is 5.16 Å². The van der Waals surface area contributed by atoms with Gasteiger partial charge in [0.25, 0.3) is 0 Å². The van der Waals surface area contributed by atoms with Gasteiger partial charge in [-0.05, 0) is 0 Å². The van der Waals surface area contributed by atoms with Crippen molar-refractivity contribution in [1.29, 1.82) is 0 Å². The predicted octanol–water partition coefficient (Wildman–Crippen LogP) is -0.445. The van der Waals surface area contributed by atoms with Crippen LogP contribution < -0.4 is 9.47 Å². The first-order valence-corrected chi connectivity index (χ1v) is 5.33. The van der Waals surface area contributed by atoms with Crippen LogP contribution in [0, 0.1) is 0 Å². The lowest BCUT2D eigenvalue weighted by Crippen LogP contribution is -2.22. The lowest BCUT2D eigenvalue weighted by Gasteiger charge is -2.05. The highest BCUT2D eigenvalue weighted by Gasteiger charge is 2.31.